The summed E-state index contributed by atoms with van der Waals surface area (Å²) in [5.41, 5.74) is 3.24. The largest absolute Gasteiger partial charge is 0.369 e. The van der Waals surface area contributed by atoms with E-state index in [4.69, 9.17) is 4.74 Å². The summed E-state index contributed by atoms with van der Waals surface area (Å²) in [6, 6.07) is 0.405. The Morgan fingerprint density at radius 3 is 2.76 bits per heavy atom. The number of aromatic nitrogens is 2. The number of nitrogens with zero attached hydrogens (tertiary/aromatic N) is 2. The first-order valence-corrected chi connectivity index (χ1v) is 7.99. The molecule has 0 unspecified atom stereocenters. The Morgan fingerprint density at radius 1 is 1.38 bits per heavy atom. The van der Waals surface area contributed by atoms with Gasteiger partial charge in [-0.3, -0.25) is 9.89 Å². The van der Waals surface area contributed by atoms with Crippen LogP contribution in [0.5, 0.6) is 0 Å². The first-order valence-electron chi connectivity index (χ1n) is 7.99. The highest BCUT2D eigenvalue weighted by Gasteiger charge is 2.54. The lowest BCUT2D eigenvalue weighted by atomic mass is 9.76. The number of carbonyl (C=O) groups excluding carboxylic acids is 1. The van der Waals surface area contributed by atoms with Crippen LogP contribution < -0.4 is 0 Å². The molecule has 2 saturated carbocycles. The second-order valence-electron chi connectivity index (χ2n) is 7.24. The Balaban J connectivity index is 1.54. The zero-order valence-electron chi connectivity index (χ0n) is 13.0. The molecule has 114 valence electrons. The number of rotatable bonds is 2. The number of ether oxygens (including phenoxy) is 1. The van der Waals surface area contributed by atoms with E-state index in [-0.39, 0.29) is 18.1 Å². The lowest BCUT2D eigenvalue weighted by Crippen LogP contribution is -2.46. The van der Waals surface area contributed by atoms with Crippen molar-refractivity contribution in [2.24, 2.45) is 5.41 Å². The highest BCUT2D eigenvalue weighted by Crippen LogP contribution is 2.61. The van der Waals surface area contributed by atoms with E-state index < -0.39 is 0 Å². The Kier molecular flexibility index (Phi) is 2.74. The Morgan fingerprint density at radius 2 is 2.10 bits per heavy atom. The second kappa shape index (κ2) is 4.32. The van der Waals surface area contributed by atoms with Gasteiger partial charge in [-0.15, -0.1) is 0 Å². The van der Waals surface area contributed by atoms with E-state index in [0.29, 0.717) is 17.2 Å². The number of fused-ring (bicyclic) bond motifs is 1. The molecule has 0 radical (unpaired) electrons. The third-order valence-corrected chi connectivity index (χ3v) is 5.60. The van der Waals surface area contributed by atoms with Crippen molar-refractivity contribution in [3.05, 3.63) is 17.0 Å². The standard InChI is InChI=1S/C16H23N3O2/c1-9-6-12-13(10(2)21-9)17-18-14(12)15(20)19(3)11-7-16(8-11)4-5-16/h9-11H,4-8H2,1-3H3,(H,17,18)/t9-,10+/m1/s1. The zero-order chi connectivity index (χ0) is 14.8. The molecule has 2 aliphatic carbocycles. The van der Waals surface area contributed by atoms with Crippen molar-refractivity contribution in [3.63, 3.8) is 0 Å². The van der Waals surface area contributed by atoms with Crippen molar-refractivity contribution in [2.45, 2.75) is 64.2 Å². The molecule has 1 N–H and O–H groups in total. The van der Waals surface area contributed by atoms with Crippen LogP contribution in [0.15, 0.2) is 0 Å². The van der Waals surface area contributed by atoms with Gasteiger partial charge in [-0.1, -0.05) is 0 Å². The van der Waals surface area contributed by atoms with Gasteiger partial charge in [-0.2, -0.15) is 5.10 Å². The quantitative estimate of drug-likeness (QED) is 0.909. The van der Waals surface area contributed by atoms with Gasteiger partial charge in [-0.05, 0) is 44.9 Å². The maximum absolute atomic E-state index is 12.8. The summed E-state index contributed by atoms with van der Waals surface area (Å²) in [6.45, 7) is 4.06. The molecule has 1 spiro atoms. The summed E-state index contributed by atoms with van der Waals surface area (Å²) in [6.07, 6.45) is 5.96. The fourth-order valence-electron chi connectivity index (χ4n) is 3.98. The molecule has 1 aliphatic heterocycles. The van der Waals surface area contributed by atoms with Crippen LogP contribution in [0.4, 0.5) is 0 Å². The van der Waals surface area contributed by atoms with Gasteiger partial charge in [0.25, 0.3) is 5.91 Å². The highest BCUT2D eigenvalue weighted by atomic mass is 16.5. The van der Waals surface area contributed by atoms with Gasteiger partial charge in [0.2, 0.25) is 0 Å². The van der Waals surface area contributed by atoms with Crippen LogP contribution in [0.25, 0.3) is 0 Å². The number of aromatic amines is 1. The van der Waals surface area contributed by atoms with E-state index in [2.05, 4.69) is 10.2 Å². The van der Waals surface area contributed by atoms with Crippen molar-refractivity contribution in [3.8, 4) is 0 Å². The maximum atomic E-state index is 12.8. The summed E-state index contributed by atoms with van der Waals surface area (Å²) in [5.74, 6) is 0.0642. The summed E-state index contributed by atoms with van der Waals surface area (Å²) in [4.78, 5) is 14.7. The summed E-state index contributed by atoms with van der Waals surface area (Å²) >= 11 is 0. The normalized spacial score (nSPS) is 29.9. The average Bonchev–Trinajstić information content (AvgIpc) is 3.09. The maximum Gasteiger partial charge on any atom is 0.274 e. The van der Waals surface area contributed by atoms with Gasteiger partial charge < -0.3 is 9.64 Å². The van der Waals surface area contributed by atoms with Gasteiger partial charge >= 0.3 is 0 Å². The molecule has 1 aromatic heterocycles. The number of hydrogen-bond acceptors (Lipinski definition) is 3. The van der Waals surface area contributed by atoms with Gasteiger partial charge in [0.05, 0.1) is 17.9 Å². The van der Waals surface area contributed by atoms with Crippen molar-refractivity contribution in [1.82, 2.24) is 15.1 Å². The molecule has 5 heteroatoms. The number of carbonyl (C=O) groups is 1. The molecule has 3 aliphatic rings. The zero-order valence-corrected chi connectivity index (χ0v) is 13.0. The number of hydrogen-bond donors (Lipinski definition) is 1. The molecule has 0 bridgehead atoms. The predicted molar refractivity (Wildman–Crippen MR) is 78.0 cm³/mol. The minimum atomic E-state index is -0.0125. The average molecular weight is 289 g/mol. The van der Waals surface area contributed by atoms with E-state index in [1.807, 2.05) is 25.8 Å². The lowest BCUT2D eigenvalue weighted by molar-refractivity contribution is -0.00706. The minimum Gasteiger partial charge on any atom is -0.369 e. The summed E-state index contributed by atoms with van der Waals surface area (Å²) < 4.78 is 5.79. The van der Waals surface area contributed by atoms with E-state index in [9.17, 15) is 4.79 Å². The van der Waals surface area contributed by atoms with E-state index in [0.717, 1.165) is 17.7 Å². The molecule has 21 heavy (non-hydrogen) atoms. The third-order valence-electron chi connectivity index (χ3n) is 5.60. The smallest absolute Gasteiger partial charge is 0.274 e. The first kappa shape index (κ1) is 13.3. The summed E-state index contributed by atoms with van der Waals surface area (Å²) in [5, 5.41) is 7.31. The predicted octanol–water partition coefficient (Wildman–Crippen LogP) is 2.45. The SMILES string of the molecule is C[C@@H]1Cc2c(C(=O)N(C)C3CC4(CC4)C3)n[nH]c2[C@H](C)O1. The molecule has 4 rings (SSSR count). The Bertz CT molecular complexity index is 582. The monoisotopic (exact) mass is 289 g/mol. The molecule has 1 amide bonds. The number of H-pyrrole nitrogens is 1. The minimum absolute atomic E-state index is 0.0125. The topological polar surface area (TPSA) is 58.2 Å². The fourth-order valence-corrected chi connectivity index (χ4v) is 3.98. The van der Waals surface area contributed by atoms with Gasteiger partial charge in [0, 0.05) is 25.1 Å². The molecular weight excluding hydrogens is 266 g/mol. The van der Waals surface area contributed by atoms with Gasteiger partial charge in [0.15, 0.2) is 5.69 Å². The van der Waals surface area contributed by atoms with Crippen LogP contribution in [0.2, 0.25) is 0 Å². The Hall–Kier alpha value is -1.36. The fraction of sp³-hybridized carbons (Fsp3) is 0.750. The van der Waals surface area contributed by atoms with Crippen molar-refractivity contribution >= 4 is 5.91 Å². The van der Waals surface area contributed by atoms with Crippen LogP contribution in [0.3, 0.4) is 0 Å². The van der Waals surface area contributed by atoms with Crippen molar-refractivity contribution in [2.75, 3.05) is 7.05 Å². The molecule has 2 heterocycles. The van der Waals surface area contributed by atoms with Gasteiger partial charge in [-0.25, -0.2) is 0 Å². The molecule has 0 saturated heterocycles. The number of nitrogens with one attached hydrogen (secondary N) is 1. The molecular formula is C16H23N3O2. The second-order valence-corrected chi connectivity index (χ2v) is 7.24. The first-order chi connectivity index (χ1) is 9.99. The molecule has 2 atom stereocenters. The van der Waals surface area contributed by atoms with E-state index >= 15 is 0 Å². The van der Waals surface area contributed by atoms with Crippen LogP contribution in [0.1, 0.15) is 67.4 Å². The lowest BCUT2D eigenvalue weighted by Gasteiger charge is -2.41. The van der Waals surface area contributed by atoms with Crippen molar-refractivity contribution < 1.29 is 9.53 Å². The van der Waals surface area contributed by atoms with Crippen molar-refractivity contribution in [1.29, 1.82) is 0 Å². The molecule has 5 nitrogen and oxygen atoms in total. The summed E-state index contributed by atoms with van der Waals surface area (Å²) in [7, 11) is 1.93. The third kappa shape index (κ3) is 2.01. The van der Waals surface area contributed by atoms with Crippen LogP contribution in [-0.2, 0) is 11.2 Å². The van der Waals surface area contributed by atoms with E-state index in [1.165, 1.54) is 25.7 Å². The van der Waals surface area contributed by atoms with Gasteiger partial charge in [0.1, 0.15) is 0 Å². The number of amides is 1. The van der Waals surface area contributed by atoms with E-state index in [1.54, 1.807) is 0 Å². The van der Waals surface area contributed by atoms with Crippen LogP contribution in [0, 0.1) is 5.41 Å². The highest BCUT2D eigenvalue weighted by molar-refractivity contribution is 5.94. The van der Waals surface area contributed by atoms with Crippen LogP contribution in [-0.4, -0.2) is 40.2 Å². The molecule has 1 aromatic rings. The molecule has 0 aromatic carbocycles. The Labute approximate surface area is 125 Å². The van der Waals surface area contributed by atoms with Crippen LogP contribution >= 0.6 is 0 Å². The molecule has 2 fully saturated rings.